The van der Waals surface area contributed by atoms with Crippen LogP contribution in [-0.2, 0) is 10.5 Å². The molecule has 10 nitrogen and oxygen atoms in total. The standard InChI is InChI=1S/C23H25FN8OS2.C5H9F2N/c1-4-32(12(2)13-6-5-7-28-18(13)26)21-17(24)20(29-22(30-21)33-3)31-10-23(11-31)16-14(8-25)19(27)35-15(16)9-34-23;6-5(7)2-1-3-8-4-5/h5-7,12H,4,9-11,27H2,1-3H3,(H2,26,28);8H,1-4H2. The van der Waals surface area contributed by atoms with Crippen LogP contribution in [0.1, 0.15) is 54.3 Å². The van der Waals surface area contributed by atoms with Gasteiger partial charge < -0.3 is 31.3 Å². The molecule has 3 aromatic heterocycles. The van der Waals surface area contributed by atoms with E-state index in [0.29, 0.717) is 42.4 Å². The number of methoxy groups -OCH3 is 1. The first-order valence-corrected chi connectivity index (χ1v) is 15.7. The van der Waals surface area contributed by atoms with E-state index < -0.39 is 11.7 Å². The highest BCUT2D eigenvalue weighted by molar-refractivity contribution is 8.00. The lowest BCUT2D eigenvalue weighted by Gasteiger charge is -2.48. The quantitative estimate of drug-likeness (QED) is 0.349. The number of nitriles is 1. The number of thioether (sulfide) groups is 1. The average molecular weight is 634 g/mol. The molecule has 2 saturated heterocycles. The third kappa shape index (κ3) is 5.87. The molecule has 0 aromatic carbocycles. The summed E-state index contributed by atoms with van der Waals surface area (Å²) in [6.45, 7) is 5.99. The minimum Gasteiger partial charge on any atom is -0.467 e. The third-order valence-corrected chi connectivity index (χ3v) is 10.6. The van der Waals surface area contributed by atoms with Gasteiger partial charge in [-0.05, 0) is 32.9 Å². The maximum atomic E-state index is 16.0. The molecule has 43 heavy (non-hydrogen) atoms. The zero-order chi connectivity index (χ0) is 30.9. The molecule has 3 aromatic rings. The molecule has 15 heteroatoms. The van der Waals surface area contributed by atoms with Crippen LogP contribution in [0.5, 0.6) is 6.01 Å². The van der Waals surface area contributed by atoms with Gasteiger partial charge >= 0.3 is 6.01 Å². The number of ether oxygens (including phenoxy) is 1. The number of pyridine rings is 1. The van der Waals surface area contributed by atoms with Gasteiger partial charge in [0.1, 0.15) is 16.9 Å². The van der Waals surface area contributed by atoms with Crippen LogP contribution in [0.3, 0.4) is 0 Å². The Labute approximate surface area is 256 Å². The Balaban J connectivity index is 0.000000400. The number of rotatable bonds is 6. The van der Waals surface area contributed by atoms with Gasteiger partial charge in [0, 0.05) is 54.0 Å². The molecule has 0 amide bonds. The second kappa shape index (κ2) is 12.3. The van der Waals surface area contributed by atoms with Crippen LogP contribution in [0.25, 0.3) is 0 Å². The van der Waals surface area contributed by atoms with Gasteiger partial charge in [-0.2, -0.15) is 19.6 Å². The number of fused-ring (bicyclic) bond motifs is 2. The number of alkyl halides is 2. The monoisotopic (exact) mass is 633 g/mol. The Kier molecular flexibility index (Phi) is 8.82. The Bertz CT molecular complexity index is 1520. The molecule has 0 bridgehead atoms. The fraction of sp³-hybridized carbons (Fsp3) is 0.500. The average Bonchev–Trinajstić information content (AvgIpc) is 3.49. The van der Waals surface area contributed by atoms with Crippen molar-refractivity contribution in [1.29, 1.82) is 5.26 Å². The largest absolute Gasteiger partial charge is 0.467 e. The van der Waals surface area contributed by atoms with Gasteiger partial charge in [0.15, 0.2) is 11.6 Å². The van der Waals surface area contributed by atoms with Gasteiger partial charge in [-0.15, -0.1) is 23.1 Å². The number of hydrogen-bond donors (Lipinski definition) is 3. The second-order valence-electron chi connectivity index (χ2n) is 10.6. The Morgan fingerprint density at radius 3 is 2.65 bits per heavy atom. The molecule has 230 valence electrons. The normalized spacial score (nSPS) is 18.6. The molecule has 0 saturated carbocycles. The number of nitrogens with one attached hydrogen (secondary N) is 1. The molecule has 6 rings (SSSR count). The minimum absolute atomic E-state index is 0.0556. The molecule has 5 N–H and O–H groups in total. The van der Waals surface area contributed by atoms with E-state index in [1.807, 2.05) is 29.7 Å². The lowest BCUT2D eigenvalue weighted by Crippen LogP contribution is -2.57. The number of hydrogen-bond acceptors (Lipinski definition) is 12. The lowest BCUT2D eigenvalue weighted by molar-refractivity contribution is -0.0208. The summed E-state index contributed by atoms with van der Waals surface area (Å²) in [4.78, 5) is 17.7. The molecular weight excluding hydrogens is 599 g/mol. The predicted octanol–water partition coefficient (Wildman–Crippen LogP) is 4.67. The maximum absolute atomic E-state index is 16.0. The molecule has 1 spiro atoms. The predicted molar refractivity (Wildman–Crippen MR) is 164 cm³/mol. The molecule has 2 fully saturated rings. The Morgan fingerprint density at radius 1 is 1.30 bits per heavy atom. The van der Waals surface area contributed by atoms with Crippen LogP contribution < -0.4 is 31.3 Å². The van der Waals surface area contributed by atoms with Gasteiger partial charge in [-0.25, -0.2) is 13.8 Å². The van der Waals surface area contributed by atoms with Crippen molar-refractivity contribution in [3.63, 3.8) is 0 Å². The highest BCUT2D eigenvalue weighted by Crippen LogP contribution is 2.58. The summed E-state index contributed by atoms with van der Waals surface area (Å²) in [5.74, 6) is -1.44. The first kappa shape index (κ1) is 31.0. The van der Waals surface area contributed by atoms with Gasteiger partial charge in [-0.3, -0.25) is 0 Å². The van der Waals surface area contributed by atoms with Crippen molar-refractivity contribution in [1.82, 2.24) is 20.3 Å². The number of halogens is 3. The number of thiophene rings is 1. The summed E-state index contributed by atoms with van der Waals surface area (Å²) >= 11 is 3.24. The molecule has 0 aliphatic carbocycles. The number of nitrogen functional groups attached to an aromatic ring is 2. The zero-order valence-electron chi connectivity index (χ0n) is 24.2. The number of nitrogens with zero attached hydrogens (tertiary/aromatic N) is 6. The van der Waals surface area contributed by atoms with Crippen molar-refractivity contribution >= 4 is 45.6 Å². The van der Waals surface area contributed by atoms with Crippen molar-refractivity contribution < 1.29 is 17.9 Å². The van der Waals surface area contributed by atoms with Crippen LogP contribution >= 0.6 is 23.1 Å². The van der Waals surface area contributed by atoms with E-state index in [4.69, 9.17) is 16.2 Å². The smallest absolute Gasteiger partial charge is 0.320 e. The fourth-order valence-corrected chi connectivity index (χ4v) is 8.53. The van der Waals surface area contributed by atoms with E-state index in [0.717, 1.165) is 28.3 Å². The van der Waals surface area contributed by atoms with Crippen LogP contribution in [0.15, 0.2) is 18.3 Å². The third-order valence-electron chi connectivity index (χ3n) is 7.91. The summed E-state index contributed by atoms with van der Waals surface area (Å²) in [6.07, 6.45) is 2.28. The van der Waals surface area contributed by atoms with Gasteiger partial charge in [-0.1, -0.05) is 6.07 Å². The van der Waals surface area contributed by atoms with Crippen molar-refractivity contribution in [3.8, 4) is 12.1 Å². The SMILES string of the molecule is CCN(c1nc(OC)nc(N2CC3(C2)SCc2sc(N)c(C#N)c23)c1F)C(C)c1cccnc1N.FC1(F)CCCNC1. The summed E-state index contributed by atoms with van der Waals surface area (Å²) in [6, 6.07) is 5.74. The maximum Gasteiger partial charge on any atom is 0.320 e. The van der Waals surface area contributed by atoms with Gasteiger partial charge in [0.05, 0.1) is 30.0 Å². The first-order chi connectivity index (χ1) is 20.5. The molecule has 3 aliphatic heterocycles. The zero-order valence-corrected chi connectivity index (χ0v) is 25.8. The van der Waals surface area contributed by atoms with Gasteiger partial charge in [0.25, 0.3) is 5.92 Å². The summed E-state index contributed by atoms with van der Waals surface area (Å²) in [5, 5.41) is 12.8. The number of piperidine rings is 1. The van der Waals surface area contributed by atoms with Crippen LogP contribution in [0.2, 0.25) is 0 Å². The molecular formula is C28H34F3N9OS2. The molecule has 3 aliphatic rings. The summed E-state index contributed by atoms with van der Waals surface area (Å²) < 4.78 is 45.3. The Hall–Kier alpha value is -3.48. The van der Waals surface area contributed by atoms with Crippen molar-refractivity contribution in [2.24, 2.45) is 0 Å². The van der Waals surface area contributed by atoms with Crippen molar-refractivity contribution in [3.05, 3.63) is 45.7 Å². The number of aromatic nitrogens is 3. The molecule has 1 atom stereocenters. The van der Waals surface area contributed by atoms with Crippen molar-refractivity contribution in [2.45, 2.75) is 49.2 Å². The highest BCUT2D eigenvalue weighted by atomic mass is 32.2. The van der Waals surface area contributed by atoms with E-state index in [1.165, 1.54) is 18.4 Å². The van der Waals surface area contributed by atoms with Gasteiger partial charge in [0.2, 0.25) is 5.82 Å². The van der Waals surface area contributed by atoms with Crippen LogP contribution in [0, 0.1) is 17.1 Å². The Morgan fingerprint density at radius 2 is 2.07 bits per heavy atom. The van der Waals surface area contributed by atoms with Crippen LogP contribution in [0.4, 0.5) is 35.6 Å². The molecule has 1 unspecified atom stereocenters. The number of nitrogens with two attached hydrogens (primary N) is 2. The lowest BCUT2D eigenvalue weighted by atomic mass is 9.88. The van der Waals surface area contributed by atoms with E-state index >= 15 is 4.39 Å². The highest BCUT2D eigenvalue weighted by Gasteiger charge is 2.53. The number of anilines is 4. The molecule has 0 radical (unpaired) electrons. The van der Waals surface area contributed by atoms with E-state index in [2.05, 4.69) is 26.3 Å². The topological polar surface area (TPSA) is 142 Å². The van der Waals surface area contributed by atoms with Crippen molar-refractivity contribution in [2.75, 3.05) is 61.1 Å². The van der Waals surface area contributed by atoms with E-state index in [-0.39, 0.29) is 41.4 Å². The summed E-state index contributed by atoms with van der Waals surface area (Å²) in [5.41, 5.74) is 14.5. The second-order valence-corrected chi connectivity index (χ2v) is 13.1. The van der Waals surface area contributed by atoms with E-state index in [9.17, 15) is 14.0 Å². The first-order valence-electron chi connectivity index (χ1n) is 13.9. The van der Waals surface area contributed by atoms with Crippen LogP contribution in [-0.4, -0.2) is 60.7 Å². The minimum atomic E-state index is -2.43. The fourth-order valence-electron chi connectivity index (χ4n) is 5.72. The summed E-state index contributed by atoms with van der Waals surface area (Å²) in [7, 11) is 1.46. The van der Waals surface area contributed by atoms with E-state index in [1.54, 1.807) is 24.0 Å². The molecule has 6 heterocycles.